The highest BCUT2D eigenvalue weighted by Crippen LogP contribution is 1.92. The molecule has 0 aliphatic carbocycles. The summed E-state index contributed by atoms with van der Waals surface area (Å²) in [5, 5.41) is 3.26. The fourth-order valence-corrected chi connectivity index (χ4v) is 1.75. The minimum absolute atomic E-state index is 0.366. The van der Waals surface area contributed by atoms with Crippen molar-refractivity contribution in [3.8, 4) is 0 Å². The zero-order valence-electron chi connectivity index (χ0n) is 10.1. The number of hydrogen-bond donors (Lipinski definition) is 3. The van der Waals surface area contributed by atoms with Gasteiger partial charge in [-0.05, 0) is 12.3 Å². The van der Waals surface area contributed by atoms with E-state index >= 15 is 0 Å². The molecule has 18 heavy (non-hydrogen) atoms. The second-order valence-electron chi connectivity index (χ2n) is 3.99. The quantitative estimate of drug-likeness (QED) is 0.606. The maximum absolute atomic E-state index is 11.4. The fourth-order valence-electron chi connectivity index (χ4n) is 1.75. The lowest BCUT2D eigenvalue weighted by Crippen LogP contribution is -2.41. The molecule has 1 aromatic heterocycles. The molecule has 0 unspecified atom stereocenters. The smallest absolute Gasteiger partial charge is 0.347 e. The van der Waals surface area contributed by atoms with Crippen LogP contribution in [0, 0.1) is 0 Å². The summed E-state index contributed by atoms with van der Waals surface area (Å²) in [6, 6.07) is 1.30. The summed E-state index contributed by atoms with van der Waals surface area (Å²) in [5.74, 6) is 0. The van der Waals surface area contributed by atoms with Gasteiger partial charge in [0.2, 0.25) is 0 Å². The first-order valence-electron chi connectivity index (χ1n) is 5.93. The van der Waals surface area contributed by atoms with Gasteiger partial charge in [0.25, 0.3) is 5.56 Å². The van der Waals surface area contributed by atoms with Gasteiger partial charge in [0.05, 0.1) is 6.54 Å². The first kappa shape index (κ1) is 12.4. The van der Waals surface area contributed by atoms with E-state index in [4.69, 9.17) is 0 Å². The number of nitrogens with zero attached hydrogens (tertiary/aromatic N) is 2. The molecule has 2 rings (SSSR count). The van der Waals surface area contributed by atoms with Crippen LogP contribution in [-0.4, -0.2) is 47.3 Å². The molecule has 3 N–H and O–H groups in total. The number of rotatable bonds is 4. The Balaban J connectivity index is 1.86. The molecule has 1 saturated heterocycles. The largest absolute Gasteiger partial charge is 0.375 e. The molecule has 1 aromatic rings. The van der Waals surface area contributed by atoms with Crippen molar-refractivity contribution in [3.63, 3.8) is 0 Å². The fraction of sp³-hybridized carbons (Fsp3) is 0.455. The summed E-state index contributed by atoms with van der Waals surface area (Å²) in [4.78, 5) is 27.3. The van der Waals surface area contributed by atoms with Gasteiger partial charge in [-0.3, -0.25) is 4.79 Å². The van der Waals surface area contributed by atoms with Gasteiger partial charge in [0.1, 0.15) is 0 Å². The summed E-state index contributed by atoms with van der Waals surface area (Å²) in [6.07, 6.45) is 5.21. The minimum Gasteiger partial charge on any atom is -0.375 e. The van der Waals surface area contributed by atoms with Crippen LogP contribution in [0.4, 0.5) is 0 Å². The molecule has 0 saturated carbocycles. The van der Waals surface area contributed by atoms with E-state index in [2.05, 4.69) is 20.6 Å². The van der Waals surface area contributed by atoms with Crippen molar-refractivity contribution in [2.75, 3.05) is 38.1 Å². The highest BCUT2D eigenvalue weighted by molar-refractivity contribution is 4.93. The Labute approximate surface area is 104 Å². The molecule has 0 atom stereocenters. The van der Waals surface area contributed by atoms with Crippen molar-refractivity contribution < 1.29 is 0 Å². The van der Waals surface area contributed by atoms with E-state index in [0.717, 1.165) is 30.9 Å². The maximum Gasteiger partial charge on any atom is 0.347 e. The molecule has 0 amide bonds. The van der Waals surface area contributed by atoms with E-state index in [1.165, 1.54) is 12.3 Å². The lowest BCUT2D eigenvalue weighted by atomic mass is 10.4. The SMILES string of the molecule is O=c1cc[nH]c(=O)n1NCC=CN1CCNCC1. The monoisotopic (exact) mass is 251 g/mol. The van der Waals surface area contributed by atoms with Gasteiger partial charge in [-0.15, -0.1) is 0 Å². The third-order valence-corrected chi connectivity index (χ3v) is 2.69. The molecule has 98 valence electrons. The van der Waals surface area contributed by atoms with E-state index in [-0.39, 0.29) is 5.56 Å². The summed E-state index contributed by atoms with van der Waals surface area (Å²) in [5.41, 5.74) is 1.93. The number of piperazine rings is 1. The van der Waals surface area contributed by atoms with Crippen LogP contribution < -0.4 is 22.0 Å². The lowest BCUT2D eigenvalue weighted by Gasteiger charge is -2.25. The molecule has 1 fully saturated rings. The van der Waals surface area contributed by atoms with Crippen LogP contribution >= 0.6 is 0 Å². The Morgan fingerprint density at radius 1 is 1.33 bits per heavy atom. The van der Waals surface area contributed by atoms with E-state index in [0.29, 0.717) is 6.54 Å². The van der Waals surface area contributed by atoms with Crippen LogP contribution in [0.5, 0.6) is 0 Å². The standard InChI is InChI=1S/C11H17N5O2/c17-10-2-4-13-11(18)16(10)14-3-1-7-15-8-5-12-6-9-15/h1-2,4,7,12,14H,3,5-6,8-9H2,(H,13,18). The van der Waals surface area contributed by atoms with Crippen molar-refractivity contribution in [2.45, 2.75) is 0 Å². The third kappa shape index (κ3) is 3.24. The first-order chi connectivity index (χ1) is 8.77. The Morgan fingerprint density at radius 3 is 2.83 bits per heavy atom. The third-order valence-electron chi connectivity index (χ3n) is 2.69. The summed E-state index contributed by atoms with van der Waals surface area (Å²) >= 11 is 0. The number of hydrogen-bond acceptors (Lipinski definition) is 5. The van der Waals surface area contributed by atoms with Crippen molar-refractivity contribution in [2.24, 2.45) is 0 Å². The van der Waals surface area contributed by atoms with E-state index in [9.17, 15) is 9.59 Å². The number of aromatic amines is 1. The normalized spacial score (nSPS) is 16.1. The Morgan fingerprint density at radius 2 is 2.11 bits per heavy atom. The highest BCUT2D eigenvalue weighted by atomic mass is 16.2. The minimum atomic E-state index is -0.460. The molecule has 1 aliphatic rings. The first-order valence-corrected chi connectivity index (χ1v) is 5.93. The Hall–Kier alpha value is -2.02. The van der Waals surface area contributed by atoms with Crippen LogP contribution in [0.15, 0.2) is 34.1 Å². The topological polar surface area (TPSA) is 82.2 Å². The van der Waals surface area contributed by atoms with Crippen LogP contribution in [0.1, 0.15) is 0 Å². The van der Waals surface area contributed by atoms with Gasteiger partial charge in [-0.2, -0.15) is 4.68 Å². The number of nitrogens with one attached hydrogen (secondary N) is 3. The summed E-state index contributed by atoms with van der Waals surface area (Å²) in [7, 11) is 0. The van der Waals surface area contributed by atoms with Crippen LogP contribution in [0.2, 0.25) is 0 Å². The Kier molecular flexibility index (Phi) is 4.19. The molecule has 7 heteroatoms. The van der Waals surface area contributed by atoms with Crippen molar-refractivity contribution in [3.05, 3.63) is 45.4 Å². The average Bonchev–Trinajstić information content (AvgIpc) is 2.38. The molecule has 7 nitrogen and oxygen atoms in total. The summed E-state index contributed by atoms with van der Waals surface area (Å²) < 4.78 is 0.960. The maximum atomic E-state index is 11.4. The second-order valence-corrected chi connectivity index (χ2v) is 3.99. The zero-order chi connectivity index (χ0) is 12.8. The Bertz CT molecular complexity index is 484. The van der Waals surface area contributed by atoms with Gasteiger partial charge in [0, 0.05) is 38.4 Å². The molecule has 0 bridgehead atoms. The average molecular weight is 251 g/mol. The van der Waals surface area contributed by atoms with Gasteiger partial charge in [-0.1, -0.05) is 0 Å². The van der Waals surface area contributed by atoms with Gasteiger partial charge in [-0.25, -0.2) is 4.79 Å². The van der Waals surface area contributed by atoms with E-state index in [1.807, 2.05) is 12.3 Å². The second kappa shape index (κ2) is 6.06. The zero-order valence-corrected chi connectivity index (χ0v) is 10.1. The number of aromatic nitrogens is 2. The molecular weight excluding hydrogens is 234 g/mol. The highest BCUT2D eigenvalue weighted by Gasteiger charge is 2.03. The van der Waals surface area contributed by atoms with Crippen LogP contribution in [0.25, 0.3) is 0 Å². The van der Waals surface area contributed by atoms with Crippen molar-refractivity contribution >= 4 is 0 Å². The van der Waals surface area contributed by atoms with E-state index in [1.54, 1.807) is 0 Å². The predicted molar refractivity (Wildman–Crippen MR) is 69.1 cm³/mol. The lowest BCUT2D eigenvalue weighted by molar-refractivity contribution is 0.323. The van der Waals surface area contributed by atoms with Crippen molar-refractivity contribution in [1.29, 1.82) is 0 Å². The summed E-state index contributed by atoms with van der Waals surface area (Å²) in [6.45, 7) is 4.34. The predicted octanol–water partition coefficient (Wildman–Crippen LogP) is -1.50. The number of H-pyrrole nitrogens is 1. The van der Waals surface area contributed by atoms with Gasteiger partial charge < -0.3 is 20.6 Å². The molecule has 0 radical (unpaired) electrons. The van der Waals surface area contributed by atoms with Crippen LogP contribution in [-0.2, 0) is 0 Å². The van der Waals surface area contributed by atoms with E-state index < -0.39 is 5.69 Å². The molecule has 2 heterocycles. The molecule has 0 spiro atoms. The molecule has 0 aromatic carbocycles. The molecule has 1 aliphatic heterocycles. The van der Waals surface area contributed by atoms with Crippen molar-refractivity contribution in [1.82, 2.24) is 19.9 Å². The molecular formula is C11H17N5O2. The van der Waals surface area contributed by atoms with Crippen LogP contribution in [0.3, 0.4) is 0 Å². The van der Waals surface area contributed by atoms with Gasteiger partial charge in [0.15, 0.2) is 0 Å². The van der Waals surface area contributed by atoms with Gasteiger partial charge >= 0.3 is 5.69 Å².